The zero-order valence-electron chi connectivity index (χ0n) is 17.1. The van der Waals surface area contributed by atoms with Crippen molar-refractivity contribution in [3.63, 3.8) is 0 Å². The van der Waals surface area contributed by atoms with E-state index >= 15 is 0 Å². The molecule has 1 amide bonds. The normalized spacial score (nSPS) is 11.1. The van der Waals surface area contributed by atoms with Gasteiger partial charge in [0.15, 0.2) is 11.0 Å². The number of hydrogen-bond acceptors (Lipinski definition) is 4. The fourth-order valence-electron chi connectivity index (χ4n) is 2.91. The highest BCUT2D eigenvalue weighted by atomic mass is 32.2. The molecule has 1 heterocycles. The van der Waals surface area contributed by atoms with Gasteiger partial charge in [-0.05, 0) is 55.2 Å². The molecule has 29 heavy (non-hydrogen) atoms. The molecule has 1 N–H and O–H groups in total. The predicted octanol–water partition coefficient (Wildman–Crippen LogP) is 5.09. The standard InChI is InChI=1S/C22H25FN4OS/c1-14(2)12-27-21(18-7-5-6-8-19(18)23)25-26-22(27)29-13-20(28)24-17-10-9-15(3)16(4)11-17/h5-11,14H,12-13H2,1-4H3,(H,24,28). The van der Waals surface area contributed by atoms with Crippen LogP contribution in [0.1, 0.15) is 25.0 Å². The van der Waals surface area contributed by atoms with Gasteiger partial charge >= 0.3 is 0 Å². The molecule has 3 rings (SSSR count). The van der Waals surface area contributed by atoms with Gasteiger partial charge in [0, 0.05) is 12.2 Å². The van der Waals surface area contributed by atoms with Crippen molar-refractivity contribution in [2.75, 3.05) is 11.1 Å². The van der Waals surface area contributed by atoms with Crippen molar-refractivity contribution in [2.45, 2.75) is 39.4 Å². The average molecular weight is 413 g/mol. The third-order valence-corrected chi connectivity index (χ3v) is 5.47. The van der Waals surface area contributed by atoms with E-state index in [9.17, 15) is 9.18 Å². The van der Waals surface area contributed by atoms with Gasteiger partial charge < -0.3 is 9.88 Å². The lowest BCUT2D eigenvalue weighted by atomic mass is 10.1. The van der Waals surface area contributed by atoms with E-state index in [0.717, 1.165) is 11.3 Å². The molecule has 0 unspecified atom stereocenters. The summed E-state index contributed by atoms with van der Waals surface area (Å²) in [7, 11) is 0. The highest BCUT2D eigenvalue weighted by Crippen LogP contribution is 2.27. The molecule has 0 radical (unpaired) electrons. The Morgan fingerprint density at radius 1 is 1.14 bits per heavy atom. The molecule has 0 fully saturated rings. The quantitative estimate of drug-likeness (QED) is 0.549. The van der Waals surface area contributed by atoms with Crippen LogP contribution in [0.15, 0.2) is 47.6 Å². The molecule has 7 heteroatoms. The molecule has 152 valence electrons. The van der Waals surface area contributed by atoms with Crippen LogP contribution in [-0.4, -0.2) is 26.4 Å². The zero-order valence-corrected chi connectivity index (χ0v) is 17.9. The number of amides is 1. The molecule has 0 atom stereocenters. The Morgan fingerprint density at radius 3 is 2.59 bits per heavy atom. The predicted molar refractivity (Wildman–Crippen MR) is 116 cm³/mol. The van der Waals surface area contributed by atoms with Gasteiger partial charge in [0.05, 0.1) is 11.3 Å². The van der Waals surface area contributed by atoms with Crippen LogP contribution in [0.5, 0.6) is 0 Å². The molecular formula is C22H25FN4OS. The van der Waals surface area contributed by atoms with Crippen molar-refractivity contribution in [1.29, 1.82) is 0 Å². The van der Waals surface area contributed by atoms with Gasteiger partial charge in [-0.15, -0.1) is 10.2 Å². The second-order valence-corrected chi connectivity index (χ2v) is 8.37. The van der Waals surface area contributed by atoms with Crippen molar-refractivity contribution in [3.05, 3.63) is 59.4 Å². The van der Waals surface area contributed by atoms with Gasteiger partial charge in [0.1, 0.15) is 5.82 Å². The number of thioether (sulfide) groups is 1. The van der Waals surface area contributed by atoms with Crippen LogP contribution in [0.2, 0.25) is 0 Å². The summed E-state index contributed by atoms with van der Waals surface area (Å²) in [4.78, 5) is 12.4. The number of benzene rings is 2. The van der Waals surface area contributed by atoms with Gasteiger partial charge in [-0.25, -0.2) is 4.39 Å². The molecule has 0 aliphatic carbocycles. The van der Waals surface area contributed by atoms with E-state index in [-0.39, 0.29) is 17.5 Å². The molecule has 0 saturated carbocycles. The monoisotopic (exact) mass is 412 g/mol. The Balaban J connectivity index is 1.75. The molecule has 0 saturated heterocycles. The van der Waals surface area contributed by atoms with Crippen molar-refractivity contribution < 1.29 is 9.18 Å². The SMILES string of the molecule is Cc1ccc(NC(=O)CSc2nnc(-c3ccccc3F)n2CC(C)C)cc1C. The first-order valence-corrected chi connectivity index (χ1v) is 10.5. The maximum atomic E-state index is 14.3. The third kappa shape index (κ3) is 5.23. The Hall–Kier alpha value is -2.67. The highest BCUT2D eigenvalue weighted by Gasteiger charge is 2.18. The van der Waals surface area contributed by atoms with Gasteiger partial charge in [0.2, 0.25) is 5.91 Å². The van der Waals surface area contributed by atoms with E-state index < -0.39 is 0 Å². The molecule has 2 aromatic carbocycles. The minimum atomic E-state index is -0.339. The van der Waals surface area contributed by atoms with Crippen molar-refractivity contribution in [1.82, 2.24) is 14.8 Å². The number of nitrogens with one attached hydrogen (secondary N) is 1. The number of aromatic nitrogens is 3. The summed E-state index contributed by atoms with van der Waals surface area (Å²) < 4.78 is 16.2. The van der Waals surface area contributed by atoms with Crippen molar-refractivity contribution >= 4 is 23.4 Å². The first-order chi connectivity index (χ1) is 13.8. The van der Waals surface area contributed by atoms with E-state index in [0.29, 0.717) is 29.0 Å². The van der Waals surface area contributed by atoms with Crippen LogP contribution in [0.25, 0.3) is 11.4 Å². The first kappa shape index (κ1) is 21.0. The summed E-state index contributed by atoms with van der Waals surface area (Å²) in [6, 6.07) is 12.4. The van der Waals surface area contributed by atoms with Gasteiger partial charge in [-0.3, -0.25) is 4.79 Å². The first-order valence-electron chi connectivity index (χ1n) is 9.53. The fourth-order valence-corrected chi connectivity index (χ4v) is 3.66. The number of hydrogen-bond donors (Lipinski definition) is 1. The van der Waals surface area contributed by atoms with E-state index in [1.165, 1.54) is 23.4 Å². The summed E-state index contributed by atoms with van der Waals surface area (Å²) in [5.41, 5.74) is 3.49. The summed E-state index contributed by atoms with van der Waals surface area (Å²) in [6.45, 7) is 8.83. The lowest BCUT2D eigenvalue weighted by Crippen LogP contribution is -2.15. The molecule has 0 spiro atoms. The second-order valence-electron chi connectivity index (χ2n) is 7.43. The highest BCUT2D eigenvalue weighted by molar-refractivity contribution is 7.99. The number of carbonyl (C=O) groups is 1. The molecule has 5 nitrogen and oxygen atoms in total. The lowest BCUT2D eigenvalue weighted by molar-refractivity contribution is -0.113. The number of carbonyl (C=O) groups excluding carboxylic acids is 1. The molecule has 1 aromatic heterocycles. The Kier molecular flexibility index (Phi) is 6.69. The Labute approximate surface area is 174 Å². The minimum Gasteiger partial charge on any atom is -0.325 e. The van der Waals surface area contributed by atoms with Crippen molar-refractivity contribution in [2.24, 2.45) is 5.92 Å². The Bertz CT molecular complexity index is 1020. The number of nitrogens with zero attached hydrogens (tertiary/aromatic N) is 3. The largest absolute Gasteiger partial charge is 0.325 e. The molecule has 0 aliphatic heterocycles. The van der Waals surface area contributed by atoms with Crippen LogP contribution in [0.4, 0.5) is 10.1 Å². The molecular weight excluding hydrogens is 387 g/mol. The maximum absolute atomic E-state index is 14.3. The molecule has 0 bridgehead atoms. The summed E-state index contributed by atoms with van der Waals surface area (Å²) in [5, 5.41) is 11.9. The second kappa shape index (κ2) is 9.22. The maximum Gasteiger partial charge on any atom is 0.234 e. The van der Waals surface area contributed by atoms with Crippen LogP contribution in [-0.2, 0) is 11.3 Å². The van der Waals surface area contributed by atoms with Crippen LogP contribution in [0.3, 0.4) is 0 Å². The zero-order chi connectivity index (χ0) is 21.0. The van der Waals surface area contributed by atoms with E-state index in [1.807, 2.05) is 36.6 Å². The number of aryl methyl sites for hydroxylation is 2. The molecule has 3 aromatic rings. The lowest BCUT2D eigenvalue weighted by Gasteiger charge is -2.13. The summed E-state index contributed by atoms with van der Waals surface area (Å²) in [5.74, 6) is 0.535. The minimum absolute atomic E-state index is 0.121. The van der Waals surface area contributed by atoms with Crippen LogP contribution < -0.4 is 5.32 Å². The van der Waals surface area contributed by atoms with Crippen LogP contribution in [0, 0.1) is 25.6 Å². The van der Waals surface area contributed by atoms with Crippen molar-refractivity contribution in [3.8, 4) is 11.4 Å². The topological polar surface area (TPSA) is 59.8 Å². The van der Waals surface area contributed by atoms with E-state index in [1.54, 1.807) is 18.2 Å². The van der Waals surface area contributed by atoms with E-state index in [2.05, 4.69) is 29.4 Å². The van der Waals surface area contributed by atoms with Gasteiger partial charge in [-0.1, -0.05) is 43.8 Å². The summed E-state index contributed by atoms with van der Waals surface area (Å²) in [6.07, 6.45) is 0. The van der Waals surface area contributed by atoms with Gasteiger partial charge in [0.25, 0.3) is 0 Å². The number of rotatable bonds is 7. The number of anilines is 1. The Morgan fingerprint density at radius 2 is 1.90 bits per heavy atom. The third-order valence-electron chi connectivity index (χ3n) is 4.50. The number of halogens is 1. The molecule has 0 aliphatic rings. The average Bonchev–Trinajstić information content (AvgIpc) is 3.05. The fraction of sp³-hybridized carbons (Fsp3) is 0.318. The van der Waals surface area contributed by atoms with E-state index in [4.69, 9.17) is 0 Å². The smallest absolute Gasteiger partial charge is 0.234 e. The van der Waals surface area contributed by atoms with Gasteiger partial charge in [-0.2, -0.15) is 0 Å². The van der Waals surface area contributed by atoms with Crippen LogP contribution >= 0.6 is 11.8 Å². The summed E-state index contributed by atoms with van der Waals surface area (Å²) >= 11 is 1.30.